The largest absolute Gasteiger partial charge is 0.467 e. The monoisotopic (exact) mass is 274 g/mol. The molecular weight excluding hydrogens is 264 g/mol. The number of esters is 1. The summed E-state index contributed by atoms with van der Waals surface area (Å²) in [6, 6.07) is 0.962. The predicted octanol–water partition coefficient (Wildman–Crippen LogP) is 1.07. The third-order valence-electron chi connectivity index (χ3n) is 1.79. The Morgan fingerprint density at radius 3 is 2.73 bits per heavy atom. The number of rotatable bonds is 3. The number of hydrogen-bond donors (Lipinski definition) is 2. The second kappa shape index (κ2) is 4.97. The molecule has 0 fully saturated rings. The highest BCUT2D eigenvalue weighted by Crippen LogP contribution is 2.10. The Kier molecular flexibility index (Phi) is 3.90. The van der Waals surface area contributed by atoms with E-state index >= 15 is 0 Å². The summed E-state index contributed by atoms with van der Waals surface area (Å²) >= 11 is 3.21. The lowest BCUT2D eigenvalue weighted by molar-refractivity contribution is -0.142. The number of aromatic amines is 1. The smallest absolute Gasteiger partial charge is 0.328 e. The van der Waals surface area contributed by atoms with Crippen LogP contribution in [0.15, 0.2) is 16.7 Å². The summed E-state index contributed by atoms with van der Waals surface area (Å²) < 4.78 is 5.26. The lowest BCUT2D eigenvalue weighted by Gasteiger charge is -2.10. The Labute approximate surface area is 95.3 Å². The Balaban J connectivity index is 2.60. The number of halogens is 1. The van der Waals surface area contributed by atoms with Gasteiger partial charge in [0, 0.05) is 10.7 Å². The molecule has 0 saturated carbocycles. The van der Waals surface area contributed by atoms with Crippen LogP contribution in [0.25, 0.3) is 0 Å². The molecule has 0 spiro atoms. The molecule has 82 valence electrons. The van der Waals surface area contributed by atoms with Gasteiger partial charge in [0.25, 0.3) is 5.91 Å². The summed E-state index contributed by atoms with van der Waals surface area (Å²) in [5.74, 6) is -0.826. The van der Waals surface area contributed by atoms with Crippen molar-refractivity contribution in [3.63, 3.8) is 0 Å². The van der Waals surface area contributed by atoms with Gasteiger partial charge in [-0.3, -0.25) is 4.79 Å². The van der Waals surface area contributed by atoms with Gasteiger partial charge in [-0.2, -0.15) is 0 Å². The number of nitrogens with one attached hydrogen (secondary N) is 2. The minimum absolute atomic E-state index is 0.349. The molecule has 0 aliphatic carbocycles. The fourth-order valence-corrected chi connectivity index (χ4v) is 1.35. The molecule has 0 aromatic carbocycles. The molecule has 6 heteroatoms. The van der Waals surface area contributed by atoms with Crippen LogP contribution in [-0.2, 0) is 9.53 Å². The van der Waals surface area contributed by atoms with Crippen LogP contribution in [-0.4, -0.2) is 30.0 Å². The standard InChI is InChI=1S/C9H11BrN2O3/c1-5(9(14)15-2)12-8(13)7-3-6(10)4-11-7/h3-5,11H,1-2H3,(H,12,13). The van der Waals surface area contributed by atoms with Gasteiger partial charge in [0.1, 0.15) is 11.7 Å². The van der Waals surface area contributed by atoms with Crippen molar-refractivity contribution >= 4 is 27.8 Å². The number of aromatic nitrogens is 1. The molecule has 0 saturated heterocycles. The topological polar surface area (TPSA) is 71.2 Å². The molecule has 1 heterocycles. The minimum Gasteiger partial charge on any atom is -0.467 e. The van der Waals surface area contributed by atoms with E-state index in [9.17, 15) is 9.59 Å². The van der Waals surface area contributed by atoms with Crippen LogP contribution in [0.4, 0.5) is 0 Å². The highest BCUT2D eigenvalue weighted by Gasteiger charge is 2.17. The summed E-state index contributed by atoms with van der Waals surface area (Å²) in [5, 5.41) is 2.49. The van der Waals surface area contributed by atoms with Crippen molar-refractivity contribution < 1.29 is 14.3 Å². The molecule has 0 aliphatic rings. The molecule has 1 amide bonds. The summed E-state index contributed by atoms with van der Waals surface area (Å²) in [6.45, 7) is 1.56. The molecule has 1 aromatic heterocycles. The van der Waals surface area contributed by atoms with E-state index in [0.29, 0.717) is 5.69 Å². The lowest BCUT2D eigenvalue weighted by Crippen LogP contribution is -2.39. The number of ether oxygens (including phenoxy) is 1. The van der Waals surface area contributed by atoms with Gasteiger partial charge in [0.15, 0.2) is 0 Å². The number of H-pyrrole nitrogens is 1. The van der Waals surface area contributed by atoms with Crippen LogP contribution in [0.5, 0.6) is 0 Å². The maximum Gasteiger partial charge on any atom is 0.328 e. The van der Waals surface area contributed by atoms with Gasteiger partial charge in [-0.05, 0) is 28.9 Å². The van der Waals surface area contributed by atoms with Crippen molar-refractivity contribution in [2.75, 3.05) is 7.11 Å². The van der Waals surface area contributed by atoms with Crippen LogP contribution < -0.4 is 5.32 Å². The molecule has 0 bridgehead atoms. The summed E-state index contributed by atoms with van der Waals surface area (Å²) in [5.41, 5.74) is 0.387. The van der Waals surface area contributed by atoms with Crippen LogP contribution in [0.1, 0.15) is 17.4 Å². The van der Waals surface area contributed by atoms with E-state index < -0.39 is 12.0 Å². The molecule has 0 radical (unpaired) electrons. The van der Waals surface area contributed by atoms with Gasteiger partial charge in [-0.15, -0.1) is 0 Å². The number of methoxy groups -OCH3 is 1. The van der Waals surface area contributed by atoms with Gasteiger partial charge in [-0.25, -0.2) is 4.79 Å². The van der Waals surface area contributed by atoms with Crippen LogP contribution in [0, 0.1) is 0 Å². The molecule has 1 rings (SSSR count). The van der Waals surface area contributed by atoms with Gasteiger partial charge in [0.2, 0.25) is 0 Å². The van der Waals surface area contributed by atoms with Gasteiger partial charge >= 0.3 is 5.97 Å². The highest BCUT2D eigenvalue weighted by atomic mass is 79.9. The molecule has 5 nitrogen and oxygen atoms in total. The molecule has 1 aromatic rings. The fourth-order valence-electron chi connectivity index (χ4n) is 1.01. The van der Waals surface area contributed by atoms with Crippen LogP contribution >= 0.6 is 15.9 Å². The zero-order chi connectivity index (χ0) is 11.4. The number of carbonyl (C=O) groups is 2. The average Bonchev–Trinajstić information content (AvgIpc) is 2.63. The van der Waals surface area contributed by atoms with Gasteiger partial charge in [-0.1, -0.05) is 0 Å². The molecule has 1 unspecified atom stereocenters. The van der Waals surface area contributed by atoms with E-state index in [1.165, 1.54) is 7.11 Å². The minimum atomic E-state index is -0.662. The van der Waals surface area contributed by atoms with Crippen molar-refractivity contribution in [2.24, 2.45) is 0 Å². The molecule has 1 atom stereocenters. The zero-order valence-electron chi connectivity index (χ0n) is 8.33. The van der Waals surface area contributed by atoms with Crippen molar-refractivity contribution in [2.45, 2.75) is 13.0 Å². The molecular formula is C9H11BrN2O3. The third-order valence-corrected chi connectivity index (χ3v) is 2.25. The number of hydrogen-bond acceptors (Lipinski definition) is 3. The molecule has 0 aliphatic heterocycles. The van der Waals surface area contributed by atoms with Gasteiger partial charge in [0.05, 0.1) is 7.11 Å². The van der Waals surface area contributed by atoms with E-state index in [1.807, 2.05) is 0 Å². The maximum atomic E-state index is 11.5. The third kappa shape index (κ3) is 3.09. The van der Waals surface area contributed by atoms with Crippen LogP contribution in [0.2, 0.25) is 0 Å². The van der Waals surface area contributed by atoms with E-state index in [1.54, 1.807) is 19.2 Å². The first-order chi connectivity index (χ1) is 7.04. The second-order valence-corrected chi connectivity index (χ2v) is 3.87. The van der Waals surface area contributed by atoms with E-state index in [-0.39, 0.29) is 5.91 Å². The Morgan fingerprint density at radius 2 is 2.27 bits per heavy atom. The van der Waals surface area contributed by atoms with Crippen molar-refractivity contribution in [1.29, 1.82) is 0 Å². The zero-order valence-corrected chi connectivity index (χ0v) is 9.92. The van der Waals surface area contributed by atoms with E-state index in [2.05, 4.69) is 31.0 Å². The van der Waals surface area contributed by atoms with Gasteiger partial charge < -0.3 is 15.0 Å². The highest BCUT2D eigenvalue weighted by molar-refractivity contribution is 9.10. The molecule has 15 heavy (non-hydrogen) atoms. The van der Waals surface area contributed by atoms with Crippen molar-refractivity contribution in [3.05, 3.63) is 22.4 Å². The fraction of sp³-hybridized carbons (Fsp3) is 0.333. The Hall–Kier alpha value is -1.30. The first-order valence-electron chi connectivity index (χ1n) is 4.27. The quantitative estimate of drug-likeness (QED) is 0.810. The Bertz CT molecular complexity index is 375. The predicted molar refractivity (Wildman–Crippen MR) is 57.4 cm³/mol. The second-order valence-electron chi connectivity index (χ2n) is 2.95. The Morgan fingerprint density at radius 1 is 1.60 bits per heavy atom. The van der Waals surface area contributed by atoms with E-state index in [0.717, 1.165) is 4.47 Å². The SMILES string of the molecule is COC(=O)C(C)NC(=O)c1cc(Br)c[nH]1. The first kappa shape index (κ1) is 11.8. The van der Waals surface area contributed by atoms with E-state index in [4.69, 9.17) is 0 Å². The average molecular weight is 275 g/mol. The van der Waals surface area contributed by atoms with Crippen molar-refractivity contribution in [1.82, 2.24) is 10.3 Å². The summed E-state index contributed by atoms with van der Waals surface area (Å²) in [4.78, 5) is 25.3. The maximum absolute atomic E-state index is 11.5. The normalized spacial score (nSPS) is 11.9. The molecule has 2 N–H and O–H groups in total. The first-order valence-corrected chi connectivity index (χ1v) is 5.06. The number of carbonyl (C=O) groups excluding carboxylic acids is 2. The summed E-state index contributed by atoms with van der Waals surface area (Å²) in [6.07, 6.45) is 1.64. The number of amides is 1. The van der Waals surface area contributed by atoms with Crippen molar-refractivity contribution in [3.8, 4) is 0 Å². The lowest BCUT2D eigenvalue weighted by atomic mass is 10.3. The van der Waals surface area contributed by atoms with Crippen LogP contribution in [0.3, 0.4) is 0 Å². The summed E-state index contributed by atoms with van der Waals surface area (Å²) in [7, 11) is 1.27.